The van der Waals surface area contributed by atoms with E-state index < -0.39 is 11.9 Å². The van der Waals surface area contributed by atoms with E-state index in [0.29, 0.717) is 31.7 Å². The van der Waals surface area contributed by atoms with Crippen LogP contribution >= 0.6 is 0 Å². The predicted molar refractivity (Wildman–Crippen MR) is 142 cm³/mol. The van der Waals surface area contributed by atoms with Gasteiger partial charge >= 0.3 is 0 Å². The highest BCUT2D eigenvalue weighted by Gasteiger charge is 2.27. The molecule has 0 aliphatic carbocycles. The minimum atomic E-state index is -0.650. The zero-order valence-corrected chi connectivity index (χ0v) is 21.1. The molecule has 5 N–H and O–H groups in total. The van der Waals surface area contributed by atoms with E-state index >= 15 is 0 Å². The van der Waals surface area contributed by atoms with Crippen LogP contribution in [0.15, 0.2) is 78.9 Å². The van der Waals surface area contributed by atoms with Crippen LogP contribution in [0.25, 0.3) is 0 Å². The van der Waals surface area contributed by atoms with Crippen molar-refractivity contribution in [3.05, 3.63) is 101 Å². The molecule has 0 aromatic heterocycles. The average molecular weight is 503 g/mol. The van der Waals surface area contributed by atoms with Gasteiger partial charge in [-0.15, -0.1) is 0 Å². The van der Waals surface area contributed by atoms with Crippen LogP contribution in [0.4, 0.5) is 0 Å². The second kappa shape index (κ2) is 13.8. The number of carbonyl (C=O) groups excluding carboxylic acids is 3. The van der Waals surface area contributed by atoms with Gasteiger partial charge in [0.2, 0.25) is 11.8 Å². The van der Waals surface area contributed by atoms with Gasteiger partial charge in [0.25, 0.3) is 5.91 Å². The number of carbonyl (C=O) groups is 3. The molecule has 194 valence electrons. The number of hydrogen-bond acceptors (Lipinski definition) is 5. The minimum Gasteiger partial charge on any atom is -0.484 e. The monoisotopic (exact) mass is 502 g/mol. The van der Waals surface area contributed by atoms with Crippen LogP contribution in [0, 0.1) is 0 Å². The normalized spacial score (nSPS) is 11.4. The second-order valence-corrected chi connectivity index (χ2v) is 8.85. The Bertz CT molecular complexity index is 1160. The number of aryl methyl sites for hydroxylation is 1. The highest BCUT2D eigenvalue weighted by atomic mass is 16.5. The molecule has 8 nitrogen and oxygen atoms in total. The van der Waals surface area contributed by atoms with E-state index in [-0.39, 0.29) is 24.8 Å². The lowest BCUT2D eigenvalue weighted by Gasteiger charge is -2.28. The van der Waals surface area contributed by atoms with E-state index in [0.717, 1.165) is 22.3 Å². The summed E-state index contributed by atoms with van der Waals surface area (Å²) in [6, 6.07) is 23.9. The molecular formula is C29H34N4O4. The number of nitrogens with zero attached hydrogens (tertiary/aromatic N) is 1. The molecule has 3 amide bonds. The first kappa shape index (κ1) is 27.4. The first-order valence-corrected chi connectivity index (χ1v) is 12.2. The third kappa shape index (κ3) is 8.77. The van der Waals surface area contributed by atoms with Gasteiger partial charge in [-0.3, -0.25) is 14.4 Å². The number of likely N-dealkylation sites (N-methyl/N-ethyl adjacent to an activating group) is 1. The Balaban J connectivity index is 1.62. The summed E-state index contributed by atoms with van der Waals surface area (Å²) in [7, 11) is 1.67. The van der Waals surface area contributed by atoms with E-state index in [4.69, 9.17) is 16.2 Å². The Labute approximate surface area is 217 Å². The molecule has 3 aromatic carbocycles. The van der Waals surface area contributed by atoms with E-state index in [1.807, 2.05) is 66.7 Å². The Morgan fingerprint density at radius 1 is 0.865 bits per heavy atom. The largest absolute Gasteiger partial charge is 0.484 e. The summed E-state index contributed by atoms with van der Waals surface area (Å²) in [5.41, 5.74) is 14.7. The van der Waals surface area contributed by atoms with Crippen LogP contribution in [0.2, 0.25) is 0 Å². The molecule has 3 rings (SSSR count). The van der Waals surface area contributed by atoms with Gasteiger partial charge in [0, 0.05) is 33.0 Å². The van der Waals surface area contributed by atoms with Crippen molar-refractivity contribution in [2.75, 3.05) is 13.7 Å². The first-order chi connectivity index (χ1) is 17.9. The third-order valence-corrected chi connectivity index (χ3v) is 6.09. The van der Waals surface area contributed by atoms with Crippen molar-refractivity contribution >= 4 is 17.7 Å². The Kier molecular flexibility index (Phi) is 10.2. The van der Waals surface area contributed by atoms with Crippen LogP contribution in [0.5, 0.6) is 5.75 Å². The zero-order chi connectivity index (χ0) is 26.6. The topological polar surface area (TPSA) is 128 Å². The molecule has 1 atom stereocenters. The molecule has 0 aliphatic rings. The number of nitrogens with two attached hydrogens (primary N) is 2. The van der Waals surface area contributed by atoms with Gasteiger partial charge in [0.15, 0.2) is 6.61 Å². The van der Waals surface area contributed by atoms with Crippen molar-refractivity contribution in [3.63, 3.8) is 0 Å². The molecule has 0 heterocycles. The highest BCUT2D eigenvalue weighted by Crippen LogP contribution is 2.15. The van der Waals surface area contributed by atoms with Crippen LogP contribution in [0.1, 0.15) is 28.7 Å². The maximum absolute atomic E-state index is 13.2. The summed E-state index contributed by atoms with van der Waals surface area (Å²) in [4.78, 5) is 38.7. The van der Waals surface area contributed by atoms with Gasteiger partial charge in [-0.1, -0.05) is 66.7 Å². The smallest absolute Gasteiger partial charge is 0.255 e. The summed E-state index contributed by atoms with van der Waals surface area (Å²) < 4.78 is 5.27. The van der Waals surface area contributed by atoms with Crippen molar-refractivity contribution in [2.45, 2.75) is 38.4 Å². The molecule has 0 saturated carbocycles. The van der Waals surface area contributed by atoms with E-state index in [2.05, 4.69) is 5.32 Å². The molecule has 0 unspecified atom stereocenters. The van der Waals surface area contributed by atoms with Crippen LogP contribution < -0.4 is 21.5 Å². The lowest BCUT2D eigenvalue weighted by Crippen LogP contribution is -2.48. The van der Waals surface area contributed by atoms with Crippen LogP contribution in [-0.2, 0) is 40.3 Å². The fourth-order valence-electron chi connectivity index (χ4n) is 3.85. The lowest BCUT2D eigenvalue weighted by molar-refractivity contribution is -0.139. The van der Waals surface area contributed by atoms with Crippen molar-refractivity contribution in [2.24, 2.45) is 11.5 Å². The standard InChI is InChI=1S/C29H34N4O4/c1-33(28(35)16-13-21-11-14-25(15-12-21)37-20-27(31)34)26(17-22-5-3-2-4-6-22)29(36)32-19-24-9-7-23(18-30)8-10-24/h2-12,14-15,26H,13,16-20,30H2,1H3,(H2,31,34)(H,32,36)/t26-/m0/s1. The van der Waals surface area contributed by atoms with E-state index in [1.165, 1.54) is 4.90 Å². The van der Waals surface area contributed by atoms with Gasteiger partial charge in [-0.25, -0.2) is 0 Å². The molecule has 0 saturated heterocycles. The molecular weight excluding hydrogens is 468 g/mol. The number of ether oxygens (including phenoxy) is 1. The van der Waals surface area contributed by atoms with Gasteiger partial charge < -0.3 is 26.4 Å². The fourth-order valence-corrected chi connectivity index (χ4v) is 3.85. The molecule has 0 fully saturated rings. The predicted octanol–water partition coefficient (Wildman–Crippen LogP) is 2.33. The van der Waals surface area contributed by atoms with Gasteiger partial charge in [-0.05, 0) is 40.8 Å². The fraction of sp³-hybridized carbons (Fsp3) is 0.276. The van der Waals surface area contributed by atoms with E-state index in [9.17, 15) is 14.4 Å². The quantitative estimate of drug-likeness (QED) is 0.331. The maximum Gasteiger partial charge on any atom is 0.255 e. The molecule has 0 aliphatic heterocycles. The highest BCUT2D eigenvalue weighted by molar-refractivity contribution is 5.88. The number of amides is 3. The summed E-state index contributed by atoms with van der Waals surface area (Å²) >= 11 is 0. The summed E-state index contributed by atoms with van der Waals surface area (Å²) in [5.74, 6) is -0.351. The third-order valence-electron chi connectivity index (χ3n) is 6.09. The van der Waals surface area contributed by atoms with Crippen molar-refractivity contribution in [1.29, 1.82) is 0 Å². The number of rotatable bonds is 13. The number of primary amides is 1. The minimum absolute atomic E-state index is 0.127. The van der Waals surface area contributed by atoms with Gasteiger partial charge in [0.1, 0.15) is 11.8 Å². The maximum atomic E-state index is 13.2. The van der Waals surface area contributed by atoms with Gasteiger partial charge in [0.05, 0.1) is 0 Å². The van der Waals surface area contributed by atoms with Crippen LogP contribution in [0.3, 0.4) is 0 Å². The molecule has 8 heteroatoms. The second-order valence-electron chi connectivity index (χ2n) is 8.85. The summed E-state index contributed by atoms with van der Waals surface area (Å²) in [6.07, 6.45) is 1.16. The molecule has 0 radical (unpaired) electrons. The lowest BCUT2D eigenvalue weighted by atomic mass is 10.0. The average Bonchev–Trinajstić information content (AvgIpc) is 2.93. The van der Waals surface area contributed by atoms with Gasteiger partial charge in [-0.2, -0.15) is 0 Å². The molecule has 3 aromatic rings. The zero-order valence-electron chi connectivity index (χ0n) is 21.1. The first-order valence-electron chi connectivity index (χ1n) is 12.2. The summed E-state index contributed by atoms with van der Waals surface area (Å²) in [6.45, 7) is 0.638. The molecule has 0 bridgehead atoms. The molecule has 0 spiro atoms. The Hall–Kier alpha value is -4.17. The number of benzene rings is 3. The van der Waals surface area contributed by atoms with Crippen molar-refractivity contribution in [3.8, 4) is 5.75 Å². The van der Waals surface area contributed by atoms with Crippen LogP contribution in [-0.4, -0.2) is 42.3 Å². The van der Waals surface area contributed by atoms with Crippen molar-refractivity contribution < 1.29 is 19.1 Å². The molecule has 37 heavy (non-hydrogen) atoms. The SMILES string of the molecule is CN(C(=O)CCc1ccc(OCC(N)=O)cc1)[C@@H](Cc1ccccc1)C(=O)NCc1ccc(CN)cc1. The summed E-state index contributed by atoms with van der Waals surface area (Å²) in [5, 5.41) is 2.98. The van der Waals surface area contributed by atoms with E-state index in [1.54, 1.807) is 19.2 Å². The van der Waals surface area contributed by atoms with Crippen molar-refractivity contribution in [1.82, 2.24) is 10.2 Å². The Morgan fingerprint density at radius 2 is 1.49 bits per heavy atom. The Morgan fingerprint density at radius 3 is 2.11 bits per heavy atom. The number of nitrogens with one attached hydrogen (secondary N) is 1. The number of hydrogen-bond donors (Lipinski definition) is 3.